The fraction of sp³-hybridized carbons (Fsp3) is 0.278. The molecule has 2 rings (SSSR count). The number of amides is 1. The summed E-state index contributed by atoms with van der Waals surface area (Å²) < 4.78 is 21.0. The van der Waals surface area contributed by atoms with Crippen LogP contribution in [0, 0.1) is 0 Å². The summed E-state index contributed by atoms with van der Waals surface area (Å²) in [6, 6.07) is 12.2. The molecule has 0 aliphatic rings. The zero-order valence-electron chi connectivity index (χ0n) is 14.0. The van der Waals surface area contributed by atoms with Crippen molar-refractivity contribution in [3.63, 3.8) is 0 Å². The lowest BCUT2D eigenvalue weighted by atomic mass is 10.2. The molecule has 0 atom stereocenters. The third-order valence-electron chi connectivity index (χ3n) is 3.33. The maximum absolute atomic E-state index is 12.0. The predicted octanol–water partition coefficient (Wildman–Crippen LogP) is 2.52. The van der Waals surface area contributed by atoms with E-state index in [1.54, 1.807) is 63.8 Å². The van der Waals surface area contributed by atoms with Gasteiger partial charge in [-0.3, -0.25) is 4.79 Å². The quantitative estimate of drug-likeness (QED) is 0.753. The van der Waals surface area contributed by atoms with Crippen LogP contribution in [0.2, 0.25) is 0 Å². The lowest BCUT2D eigenvalue weighted by Gasteiger charge is -2.11. The second-order valence-electron chi connectivity index (χ2n) is 4.88. The van der Waals surface area contributed by atoms with Gasteiger partial charge in [-0.1, -0.05) is 0 Å². The van der Waals surface area contributed by atoms with E-state index in [1.165, 1.54) is 0 Å². The van der Waals surface area contributed by atoms with Gasteiger partial charge in [-0.2, -0.15) is 0 Å². The number of nitrogens with one attached hydrogen (secondary N) is 1. The number of carbonyl (C=O) groups excluding carboxylic acids is 1. The molecule has 0 bridgehead atoms. The molecule has 2 aromatic rings. The maximum atomic E-state index is 12.0. The Bertz CT molecular complexity index is 647. The normalized spacial score (nSPS) is 9.96. The van der Waals surface area contributed by atoms with Gasteiger partial charge in [0.15, 0.2) is 0 Å². The van der Waals surface area contributed by atoms with Gasteiger partial charge in [0.1, 0.15) is 29.6 Å². The lowest BCUT2D eigenvalue weighted by molar-refractivity contribution is 0.0947. The Morgan fingerprint density at radius 2 is 1.38 bits per heavy atom. The highest BCUT2D eigenvalue weighted by Crippen LogP contribution is 2.27. The first-order valence-electron chi connectivity index (χ1n) is 7.44. The lowest BCUT2D eigenvalue weighted by Crippen LogP contribution is -2.28. The standard InChI is InChI=1S/C18H21NO5/c1-21-14-6-4-13(5-7-14)18(20)19-8-9-24-17-11-15(22-2)10-16(12-17)23-3/h4-7,10-12H,8-9H2,1-3H3,(H,19,20). The molecular weight excluding hydrogens is 310 g/mol. The van der Waals surface area contributed by atoms with Gasteiger partial charge in [-0.25, -0.2) is 0 Å². The van der Waals surface area contributed by atoms with Crippen molar-refractivity contribution < 1.29 is 23.7 Å². The summed E-state index contributed by atoms with van der Waals surface area (Å²) in [4.78, 5) is 12.0. The molecule has 0 saturated heterocycles. The van der Waals surface area contributed by atoms with Crippen molar-refractivity contribution >= 4 is 5.91 Å². The Morgan fingerprint density at radius 3 is 1.92 bits per heavy atom. The second kappa shape index (κ2) is 8.67. The minimum Gasteiger partial charge on any atom is -0.497 e. The summed E-state index contributed by atoms with van der Waals surface area (Å²) in [6.07, 6.45) is 0. The minimum atomic E-state index is -0.163. The molecule has 0 aliphatic carbocycles. The van der Waals surface area contributed by atoms with E-state index in [0.717, 1.165) is 0 Å². The zero-order chi connectivity index (χ0) is 17.4. The van der Waals surface area contributed by atoms with Crippen LogP contribution in [0.3, 0.4) is 0 Å². The molecule has 0 unspecified atom stereocenters. The van der Waals surface area contributed by atoms with E-state index >= 15 is 0 Å². The van der Waals surface area contributed by atoms with Crippen LogP contribution in [0.1, 0.15) is 10.4 Å². The van der Waals surface area contributed by atoms with Gasteiger partial charge < -0.3 is 24.3 Å². The van der Waals surface area contributed by atoms with Crippen LogP contribution in [0.5, 0.6) is 23.0 Å². The molecule has 24 heavy (non-hydrogen) atoms. The smallest absolute Gasteiger partial charge is 0.251 e. The summed E-state index contributed by atoms with van der Waals surface area (Å²) >= 11 is 0. The van der Waals surface area contributed by atoms with E-state index in [-0.39, 0.29) is 5.91 Å². The number of carbonyl (C=O) groups is 1. The molecule has 2 aromatic carbocycles. The molecule has 0 radical (unpaired) electrons. The Balaban J connectivity index is 1.82. The molecule has 6 heteroatoms. The summed E-state index contributed by atoms with van der Waals surface area (Å²) in [6.45, 7) is 0.711. The van der Waals surface area contributed by atoms with Crippen molar-refractivity contribution in [2.75, 3.05) is 34.5 Å². The van der Waals surface area contributed by atoms with E-state index in [0.29, 0.717) is 41.7 Å². The van der Waals surface area contributed by atoms with Gasteiger partial charge in [0.05, 0.1) is 27.9 Å². The number of hydrogen-bond acceptors (Lipinski definition) is 5. The van der Waals surface area contributed by atoms with Gasteiger partial charge in [0.2, 0.25) is 0 Å². The van der Waals surface area contributed by atoms with Crippen LogP contribution in [0.25, 0.3) is 0 Å². The molecule has 6 nitrogen and oxygen atoms in total. The Hall–Kier alpha value is -2.89. The Morgan fingerprint density at radius 1 is 0.833 bits per heavy atom. The highest BCUT2D eigenvalue weighted by atomic mass is 16.5. The van der Waals surface area contributed by atoms with E-state index in [4.69, 9.17) is 18.9 Å². The van der Waals surface area contributed by atoms with Crippen LogP contribution in [-0.2, 0) is 0 Å². The SMILES string of the molecule is COc1ccc(C(=O)NCCOc2cc(OC)cc(OC)c2)cc1. The van der Waals surface area contributed by atoms with Crippen LogP contribution in [0.15, 0.2) is 42.5 Å². The van der Waals surface area contributed by atoms with E-state index < -0.39 is 0 Å². The third kappa shape index (κ3) is 4.81. The summed E-state index contributed by atoms with van der Waals surface area (Å²) in [5.41, 5.74) is 0.568. The van der Waals surface area contributed by atoms with Crippen LogP contribution >= 0.6 is 0 Å². The van der Waals surface area contributed by atoms with Gasteiger partial charge in [-0.15, -0.1) is 0 Å². The van der Waals surface area contributed by atoms with Gasteiger partial charge >= 0.3 is 0 Å². The van der Waals surface area contributed by atoms with Crippen molar-refractivity contribution in [3.8, 4) is 23.0 Å². The van der Waals surface area contributed by atoms with Gasteiger partial charge in [0.25, 0.3) is 5.91 Å². The van der Waals surface area contributed by atoms with Crippen molar-refractivity contribution in [2.24, 2.45) is 0 Å². The number of methoxy groups -OCH3 is 3. The number of ether oxygens (including phenoxy) is 4. The monoisotopic (exact) mass is 331 g/mol. The topological polar surface area (TPSA) is 66.0 Å². The number of benzene rings is 2. The molecule has 0 heterocycles. The number of rotatable bonds is 8. The molecular formula is C18H21NO5. The zero-order valence-corrected chi connectivity index (χ0v) is 14.0. The minimum absolute atomic E-state index is 0.163. The Kier molecular flexibility index (Phi) is 6.31. The van der Waals surface area contributed by atoms with Crippen molar-refractivity contribution in [3.05, 3.63) is 48.0 Å². The molecule has 0 spiro atoms. The van der Waals surface area contributed by atoms with E-state index in [2.05, 4.69) is 5.32 Å². The molecule has 0 aromatic heterocycles. The van der Waals surface area contributed by atoms with Crippen LogP contribution in [-0.4, -0.2) is 40.4 Å². The predicted molar refractivity (Wildman–Crippen MR) is 90.4 cm³/mol. The van der Waals surface area contributed by atoms with Crippen molar-refractivity contribution in [1.29, 1.82) is 0 Å². The molecule has 1 N–H and O–H groups in total. The van der Waals surface area contributed by atoms with Gasteiger partial charge in [0, 0.05) is 23.8 Å². The fourth-order valence-corrected chi connectivity index (χ4v) is 2.04. The second-order valence-corrected chi connectivity index (χ2v) is 4.88. The maximum Gasteiger partial charge on any atom is 0.251 e. The molecule has 0 aliphatic heterocycles. The van der Waals surface area contributed by atoms with E-state index in [1.807, 2.05) is 0 Å². The molecule has 0 fully saturated rings. The summed E-state index contributed by atoms with van der Waals surface area (Å²) in [5.74, 6) is 2.45. The largest absolute Gasteiger partial charge is 0.497 e. The fourth-order valence-electron chi connectivity index (χ4n) is 2.04. The summed E-state index contributed by atoms with van der Waals surface area (Å²) in [5, 5.41) is 2.80. The third-order valence-corrected chi connectivity index (χ3v) is 3.33. The summed E-state index contributed by atoms with van der Waals surface area (Å²) in [7, 11) is 4.74. The highest BCUT2D eigenvalue weighted by molar-refractivity contribution is 5.94. The van der Waals surface area contributed by atoms with Gasteiger partial charge in [-0.05, 0) is 24.3 Å². The molecule has 0 saturated carbocycles. The van der Waals surface area contributed by atoms with Crippen LogP contribution < -0.4 is 24.3 Å². The van der Waals surface area contributed by atoms with Crippen molar-refractivity contribution in [2.45, 2.75) is 0 Å². The molecule has 1 amide bonds. The Labute approximate surface area is 141 Å². The first kappa shape index (κ1) is 17.5. The average Bonchev–Trinajstić information content (AvgIpc) is 2.64. The number of hydrogen-bond donors (Lipinski definition) is 1. The van der Waals surface area contributed by atoms with E-state index in [9.17, 15) is 4.79 Å². The first-order valence-corrected chi connectivity index (χ1v) is 7.44. The first-order chi connectivity index (χ1) is 11.7. The van der Waals surface area contributed by atoms with Crippen molar-refractivity contribution in [1.82, 2.24) is 5.32 Å². The highest BCUT2D eigenvalue weighted by Gasteiger charge is 2.06. The van der Waals surface area contributed by atoms with Crippen LogP contribution in [0.4, 0.5) is 0 Å². The average molecular weight is 331 g/mol. The molecule has 128 valence electrons.